The zero-order valence-corrected chi connectivity index (χ0v) is 30.5. The third-order valence-corrected chi connectivity index (χ3v) is 8.31. The summed E-state index contributed by atoms with van der Waals surface area (Å²) in [6, 6.07) is 16.3. The van der Waals surface area contributed by atoms with Crippen LogP contribution in [0.25, 0.3) is 0 Å². The van der Waals surface area contributed by atoms with Crippen LogP contribution in [0.5, 0.6) is 11.5 Å². The highest BCUT2D eigenvalue weighted by molar-refractivity contribution is 6.05. The summed E-state index contributed by atoms with van der Waals surface area (Å²) < 4.78 is 0. The van der Waals surface area contributed by atoms with E-state index in [0.29, 0.717) is 34.4 Å². The molecule has 6 nitrogen and oxygen atoms in total. The van der Waals surface area contributed by atoms with Gasteiger partial charge in [-0.05, 0) is 77.5 Å². The molecular weight excluding hydrogens is 568 g/mol. The van der Waals surface area contributed by atoms with Crippen molar-refractivity contribution >= 4 is 23.0 Å². The first-order chi connectivity index (χ1) is 21.5. The maximum absolute atomic E-state index is 11.7. The van der Waals surface area contributed by atoms with Gasteiger partial charge in [-0.3, -0.25) is 0 Å². The first-order valence-corrected chi connectivity index (χ1v) is 16.8. The van der Waals surface area contributed by atoms with Gasteiger partial charge in [0, 0.05) is 33.8 Å². The summed E-state index contributed by atoms with van der Waals surface area (Å²) in [7, 11) is 7.83. The van der Waals surface area contributed by atoms with E-state index in [-0.39, 0.29) is 16.6 Å². The van der Waals surface area contributed by atoms with Gasteiger partial charge in [0.25, 0.3) is 0 Å². The second-order valence-corrected chi connectivity index (χ2v) is 14.9. The lowest BCUT2D eigenvalue weighted by Crippen LogP contribution is -2.26. The van der Waals surface area contributed by atoms with Crippen LogP contribution in [0.1, 0.15) is 114 Å². The summed E-state index contributed by atoms with van der Waals surface area (Å²) >= 11 is 0. The molecule has 2 N–H and O–H groups in total. The van der Waals surface area contributed by atoms with E-state index in [1.54, 1.807) is 0 Å². The molecule has 3 aromatic rings. The highest BCUT2D eigenvalue weighted by Gasteiger charge is 2.27. The summed E-state index contributed by atoms with van der Waals surface area (Å²) in [5.41, 5.74) is 6.64. The lowest BCUT2D eigenvalue weighted by Gasteiger charge is -2.29. The van der Waals surface area contributed by atoms with E-state index in [2.05, 4.69) is 79.7 Å². The van der Waals surface area contributed by atoms with Crippen molar-refractivity contribution in [1.29, 1.82) is 0 Å². The van der Waals surface area contributed by atoms with Gasteiger partial charge in [0.15, 0.2) is 0 Å². The molecule has 0 fully saturated rings. The van der Waals surface area contributed by atoms with Gasteiger partial charge < -0.3 is 20.0 Å². The summed E-state index contributed by atoms with van der Waals surface area (Å²) in [6.07, 6.45) is 6.08. The number of unbranched alkanes of at least 4 members (excludes halogenated alkanes) is 2. The molecule has 0 bridgehead atoms. The fourth-order valence-electron chi connectivity index (χ4n) is 5.51. The van der Waals surface area contributed by atoms with Crippen LogP contribution in [0.3, 0.4) is 0 Å². The standard InChI is InChI=1S/C40H58N4O2/c1-13-15-19-27-23-28(20-16-14-2)35(45)30(24-27)37(43(9)10)41-33-21-17-18-22-34(33)42-38(44(11)12)31-25-29(39(3,4)5)26-32(36(31)46)40(6,7)8/h17-18,21-26,45-46H,13-16,19-20H2,1-12H3. The van der Waals surface area contributed by atoms with E-state index < -0.39 is 0 Å². The number of para-hydroxylation sites is 2. The molecule has 46 heavy (non-hydrogen) atoms. The number of aliphatic imine (C=N–C) groups is 2. The molecule has 0 unspecified atom stereocenters. The highest BCUT2D eigenvalue weighted by Crippen LogP contribution is 2.39. The Morgan fingerprint density at radius 1 is 0.652 bits per heavy atom. The Bertz CT molecular complexity index is 1550. The minimum atomic E-state index is -0.260. The summed E-state index contributed by atoms with van der Waals surface area (Å²) in [5.74, 6) is 1.87. The molecule has 0 atom stereocenters. The summed E-state index contributed by atoms with van der Waals surface area (Å²) in [5, 5.41) is 23.2. The van der Waals surface area contributed by atoms with E-state index in [0.717, 1.165) is 60.8 Å². The number of nitrogens with zero attached hydrogens (tertiary/aromatic N) is 4. The molecule has 0 aromatic heterocycles. The molecule has 3 aromatic carbocycles. The summed E-state index contributed by atoms with van der Waals surface area (Å²) in [4.78, 5) is 14.3. The van der Waals surface area contributed by atoms with E-state index in [1.165, 1.54) is 5.56 Å². The van der Waals surface area contributed by atoms with Crippen molar-refractivity contribution in [2.24, 2.45) is 9.98 Å². The number of phenols is 2. The molecule has 0 heterocycles. The van der Waals surface area contributed by atoms with Crippen molar-refractivity contribution in [3.05, 3.63) is 81.9 Å². The molecule has 0 saturated carbocycles. The van der Waals surface area contributed by atoms with Gasteiger partial charge in [-0.15, -0.1) is 0 Å². The van der Waals surface area contributed by atoms with Gasteiger partial charge in [0.1, 0.15) is 23.2 Å². The Balaban J connectivity index is 2.30. The number of hydrogen-bond donors (Lipinski definition) is 2. The number of benzene rings is 3. The van der Waals surface area contributed by atoms with Crippen LogP contribution in [-0.4, -0.2) is 59.9 Å². The Labute approximate surface area is 278 Å². The molecule has 0 aliphatic carbocycles. The van der Waals surface area contributed by atoms with Crippen molar-refractivity contribution in [3.63, 3.8) is 0 Å². The van der Waals surface area contributed by atoms with Crippen molar-refractivity contribution in [2.75, 3.05) is 28.2 Å². The van der Waals surface area contributed by atoms with Crippen LogP contribution >= 0.6 is 0 Å². The lowest BCUT2D eigenvalue weighted by molar-refractivity contribution is 0.441. The molecule has 0 aliphatic rings. The monoisotopic (exact) mass is 626 g/mol. The highest BCUT2D eigenvalue weighted by atomic mass is 16.3. The van der Waals surface area contributed by atoms with Crippen LogP contribution in [0, 0.1) is 0 Å². The van der Waals surface area contributed by atoms with E-state index in [4.69, 9.17) is 9.98 Å². The average Bonchev–Trinajstić information content (AvgIpc) is 2.97. The second kappa shape index (κ2) is 15.2. The zero-order valence-electron chi connectivity index (χ0n) is 30.5. The minimum Gasteiger partial charge on any atom is -0.507 e. The van der Waals surface area contributed by atoms with Crippen LogP contribution in [0.2, 0.25) is 0 Å². The first-order valence-electron chi connectivity index (χ1n) is 16.8. The molecular formula is C40H58N4O2. The smallest absolute Gasteiger partial charge is 0.139 e. The third-order valence-electron chi connectivity index (χ3n) is 8.31. The largest absolute Gasteiger partial charge is 0.507 e. The number of amidine groups is 2. The molecule has 3 rings (SSSR count). The zero-order chi connectivity index (χ0) is 34.4. The Morgan fingerprint density at radius 2 is 1.15 bits per heavy atom. The molecule has 0 aliphatic heterocycles. The van der Waals surface area contributed by atoms with Gasteiger partial charge in [-0.1, -0.05) is 92.5 Å². The quantitative estimate of drug-likeness (QED) is 0.174. The summed E-state index contributed by atoms with van der Waals surface area (Å²) in [6.45, 7) is 17.3. The maximum Gasteiger partial charge on any atom is 0.139 e. The normalized spacial score (nSPS) is 12.9. The third kappa shape index (κ3) is 8.92. The average molecular weight is 627 g/mol. The van der Waals surface area contributed by atoms with Crippen molar-refractivity contribution < 1.29 is 10.2 Å². The van der Waals surface area contributed by atoms with Crippen LogP contribution in [-0.2, 0) is 23.7 Å². The SMILES string of the molecule is CCCCc1cc(CCCC)c(O)c(C(=Nc2ccccc2N=C(c2cc(C(C)(C)C)cc(C(C)(C)C)c2O)N(C)C)N(C)C)c1. The fraction of sp³-hybridized carbons (Fsp3) is 0.500. The maximum atomic E-state index is 11.7. The topological polar surface area (TPSA) is 71.7 Å². The van der Waals surface area contributed by atoms with Crippen LogP contribution < -0.4 is 0 Å². The predicted octanol–water partition coefficient (Wildman–Crippen LogP) is 9.66. The second-order valence-electron chi connectivity index (χ2n) is 14.9. The molecule has 0 spiro atoms. The minimum absolute atomic E-state index is 0.119. The van der Waals surface area contributed by atoms with Gasteiger partial charge in [-0.25, -0.2) is 9.98 Å². The number of rotatable bonds is 10. The van der Waals surface area contributed by atoms with E-state index in [1.807, 2.05) is 62.3 Å². The molecule has 6 heteroatoms. The molecule has 250 valence electrons. The number of hydrogen-bond acceptors (Lipinski definition) is 4. The lowest BCUT2D eigenvalue weighted by atomic mass is 9.78. The number of aryl methyl sites for hydroxylation is 2. The van der Waals surface area contributed by atoms with Crippen molar-refractivity contribution in [1.82, 2.24) is 9.80 Å². The van der Waals surface area contributed by atoms with Gasteiger partial charge in [-0.2, -0.15) is 0 Å². The fourth-order valence-corrected chi connectivity index (χ4v) is 5.51. The van der Waals surface area contributed by atoms with E-state index >= 15 is 0 Å². The van der Waals surface area contributed by atoms with E-state index in [9.17, 15) is 10.2 Å². The Morgan fingerprint density at radius 3 is 1.61 bits per heavy atom. The van der Waals surface area contributed by atoms with Crippen LogP contribution in [0.4, 0.5) is 11.4 Å². The first kappa shape index (κ1) is 36.7. The molecule has 0 saturated heterocycles. The van der Waals surface area contributed by atoms with Gasteiger partial charge in [0.05, 0.1) is 22.5 Å². The molecule has 0 amide bonds. The Hall–Kier alpha value is -3.80. The van der Waals surface area contributed by atoms with Crippen molar-refractivity contribution in [2.45, 2.75) is 105 Å². The number of aromatic hydroxyl groups is 2. The predicted molar refractivity (Wildman–Crippen MR) is 197 cm³/mol. The Kier molecular flexibility index (Phi) is 12.1. The molecule has 0 radical (unpaired) electrons. The van der Waals surface area contributed by atoms with Crippen molar-refractivity contribution in [3.8, 4) is 11.5 Å². The van der Waals surface area contributed by atoms with Crippen LogP contribution in [0.15, 0.2) is 58.5 Å². The van der Waals surface area contributed by atoms with Gasteiger partial charge >= 0.3 is 0 Å². The number of phenolic OH excluding ortho intramolecular Hbond substituents is 2. The van der Waals surface area contributed by atoms with Gasteiger partial charge in [0.2, 0.25) is 0 Å².